The summed E-state index contributed by atoms with van der Waals surface area (Å²) in [6, 6.07) is 17.7. The first-order valence-corrected chi connectivity index (χ1v) is 15.4. The highest BCUT2D eigenvalue weighted by atomic mass is 35.5. The van der Waals surface area contributed by atoms with Crippen LogP contribution in [0.1, 0.15) is 71.2 Å². The monoisotopic (exact) mass is 675 g/mol. The number of carboxylic acid groups (broad SMARTS) is 1. The SMILES string of the molecule is NC(CO)(CO)CO.[2H]C(Oc1ccc(C2CC2c2ccc(C(=O)O)cc2)c(Cl)c1)c1c(-c2c(Cl)cccc2Cl)noc1C1CC1. The smallest absolute Gasteiger partial charge is 0.335 e. The topological polar surface area (TPSA) is 159 Å². The van der Waals surface area contributed by atoms with E-state index in [1.165, 1.54) is 0 Å². The van der Waals surface area contributed by atoms with E-state index >= 15 is 0 Å². The number of halogens is 3. The number of hydrogen-bond donors (Lipinski definition) is 5. The second-order valence-corrected chi connectivity index (χ2v) is 12.5. The van der Waals surface area contributed by atoms with Gasteiger partial charge in [-0.25, -0.2) is 4.79 Å². The molecular weight excluding hydrogens is 643 g/mol. The Kier molecular flexibility index (Phi) is 9.96. The average molecular weight is 677 g/mol. The lowest BCUT2D eigenvalue weighted by Gasteiger charge is -2.20. The summed E-state index contributed by atoms with van der Waals surface area (Å²) < 4.78 is 20.6. The van der Waals surface area contributed by atoms with Crippen LogP contribution in [0, 0.1) is 0 Å². The van der Waals surface area contributed by atoms with Gasteiger partial charge in [0.2, 0.25) is 0 Å². The fourth-order valence-electron chi connectivity index (χ4n) is 4.91. The molecule has 0 radical (unpaired) electrons. The van der Waals surface area contributed by atoms with Crippen molar-refractivity contribution in [2.24, 2.45) is 5.73 Å². The van der Waals surface area contributed by atoms with Crippen molar-refractivity contribution >= 4 is 40.8 Å². The van der Waals surface area contributed by atoms with Crippen LogP contribution in [0.5, 0.6) is 5.75 Å². The minimum Gasteiger partial charge on any atom is -0.489 e. The van der Waals surface area contributed by atoms with Gasteiger partial charge >= 0.3 is 5.97 Å². The molecule has 0 spiro atoms. The van der Waals surface area contributed by atoms with Gasteiger partial charge in [0, 0.05) is 16.5 Å². The summed E-state index contributed by atoms with van der Waals surface area (Å²) in [7, 11) is 0. The number of nitrogens with zero attached hydrogens (tertiary/aromatic N) is 1. The molecule has 0 bridgehead atoms. The molecule has 2 aliphatic carbocycles. The molecule has 6 N–H and O–H groups in total. The third-order valence-corrected chi connectivity index (χ3v) is 8.87. The van der Waals surface area contributed by atoms with Crippen LogP contribution in [0.2, 0.25) is 15.1 Å². The van der Waals surface area contributed by atoms with E-state index in [0.29, 0.717) is 43.4 Å². The van der Waals surface area contributed by atoms with Crippen LogP contribution in [0.4, 0.5) is 0 Å². The number of benzene rings is 3. The second kappa shape index (κ2) is 14.1. The van der Waals surface area contributed by atoms with Gasteiger partial charge in [0.15, 0.2) is 0 Å². The Bertz CT molecular complexity index is 1660. The standard InChI is InChI=1S/C29H22Cl3NO4.C4H11NO3/c30-23-2-1-3-24(31)26(23)27-22(28(37-33-27)16-6-7-16)14-36-18-10-11-19(25(32)12-18)21-13-20(21)15-4-8-17(9-5-15)29(34)35;5-4(1-6,2-7)3-8/h1-5,8-12,16,20-21H,6-7,13-14H2,(H,34,35);6-8H,1-3,5H2/i14D;. The van der Waals surface area contributed by atoms with E-state index in [-0.39, 0.29) is 23.3 Å². The predicted octanol–water partition coefficient (Wildman–Crippen LogP) is 6.39. The van der Waals surface area contributed by atoms with Gasteiger partial charge in [-0.3, -0.25) is 0 Å². The summed E-state index contributed by atoms with van der Waals surface area (Å²) in [6.07, 6.45) is 2.86. The minimum atomic E-state index is -1.21. The van der Waals surface area contributed by atoms with Crippen molar-refractivity contribution in [1.82, 2.24) is 5.16 Å². The molecule has 6 rings (SSSR count). The average Bonchev–Trinajstić information content (AvgIpc) is 3.99. The maximum atomic E-state index is 11.1. The van der Waals surface area contributed by atoms with E-state index in [1.54, 1.807) is 36.4 Å². The Balaban J connectivity index is 0.000000463. The molecule has 0 aliphatic heterocycles. The number of carboxylic acids is 1. The molecule has 238 valence electrons. The highest BCUT2D eigenvalue weighted by molar-refractivity contribution is 6.39. The lowest BCUT2D eigenvalue weighted by molar-refractivity contribution is 0.0692. The molecule has 3 unspecified atom stereocenters. The molecule has 2 saturated carbocycles. The zero-order valence-corrected chi connectivity index (χ0v) is 26.3. The van der Waals surface area contributed by atoms with Gasteiger partial charge in [0.05, 0.1) is 47.9 Å². The first-order valence-electron chi connectivity index (χ1n) is 14.8. The van der Waals surface area contributed by atoms with E-state index in [1.807, 2.05) is 24.3 Å². The van der Waals surface area contributed by atoms with Crippen LogP contribution in [0.25, 0.3) is 11.3 Å². The Hall–Kier alpha value is -3.15. The molecule has 9 nitrogen and oxygen atoms in total. The number of ether oxygens (including phenoxy) is 1. The number of aromatic nitrogens is 1. The van der Waals surface area contributed by atoms with E-state index in [4.69, 9.17) is 71.6 Å². The molecule has 45 heavy (non-hydrogen) atoms. The van der Waals surface area contributed by atoms with E-state index < -0.39 is 37.9 Å². The number of aliphatic hydroxyl groups is 3. The van der Waals surface area contributed by atoms with Crippen LogP contribution in [-0.4, -0.2) is 56.9 Å². The molecule has 1 aromatic heterocycles. The predicted molar refractivity (Wildman–Crippen MR) is 171 cm³/mol. The van der Waals surface area contributed by atoms with E-state index in [9.17, 15) is 4.79 Å². The first-order chi connectivity index (χ1) is 22.0. The van der Waals surface area contributed by atoms with Gasteiger partial charge < -0.3 is 35.4 Å². The lowest BCUT2D eigenvalue weighted by atomic mass is 10.0. The number of hydrogen-bond acceptors (Lipinski definition) is 8. The zero-order chi connectivity index (χ0) is 33.2. The van der Waals surface area contributed by atoms with Crippen molar-refractivity contribution in [3.05, 3.63) is 104 Å². The minimum absolute atomic E-state index is 0.200. The van der Waals surface area contributed by atoms with Gasteiger partial charge in [0.25, 0.3) is 0 Å². The third-order valence-electron chi connectivity index (χ3n) is 7.91. The number of aromatic carboxylic acids is 1. The van der Waals surface area contributed by atoms with E-state index in [0.717, 1.165) is 30.4 Å². The number of rotatable bonds is 11. The maximum absolute atomic E-state index is 11.1. The molecule has 2 fully saturated rings. The molecule has 12 heteroatoms. The number of carbonyl (C=O) groups is 1. The highest BCUT2D eigenvalue weighted by Crippen LogP contribution is 2.56. The van der Waals surface area contributed by atoms with Crippen molar-refractivity contribution in [3.63, 3.8) is 0 Å². The molecule has 2 aliphatic rings. The molecule has 1 heterocycles. The Morgan fingerprint density at radius 3 is 2.16 bits per heavy atom. The lowest BCUT2D eigenvalue weighted by Crippen LogP contribution is -2.50. The van der Waals surface area contributed by atoms with Crippen LogP contribution >= 0.6 is 34.8 Å². The van der Waals surface area contributed by atoms with Crippen LogP contribution < -0.4 is 10.5 Å². The molecule has 0 saturated heterocycles. The third kappa shape index (κ3) is 7.64. The summed E-state index contributed by atoms with van der Waals surface area (Å²) in [6.45, 7) is -2.33. The van der Waals surface area contributed by atoms with Gasteiger partial charge in [0.1, 0.15) is 23.8 Å². The van der Waals surface area contributed by atoms with Crippen molar-refractivity contribution < 1.29 is 35.9 Å². The van der Waals surface area contributed by atoms with Crippen molar-refractivity contribution in [1.29, 1.82) is 0 Å². The van der Waals surface area contributed by atoms with Gasteiger partial charge in [-0.2, -0.15) is 0 Å². The summed E-state index contributed by atoms with van der Waals surface area (Å²) in [4.78, 5) is 11.1. The number of aliphatic hydroxyl groups excluding tert-OH is 3. The Labute approximate surface area is 276 Å². The quantitative estimate of drug-likeness (QED) is 0.121. The summed E-state index contributed by atoms with van der Waals surface area (Å²) in [5.41, 5.74) is 7.76. The molecule has 4 aromatic rings. The van der Waals surface area contributed by atoms with Gasteiger partial charge in [-0.05, 0) is 78.6 Å². The van der Waals surface area contributed by atoms with Crippen LogP contribution in [0.15, 0.2) is 65.2 Å². The zero-order valence-electron chi connectivity index (χ0n) is 25.0. The summed E-state index contributed by atoms with van der Waals surface area (Å²) in [5, 5.41) is 39.8. The highest BCUT2D eigenvalue weighted by Gasteiger charge is 2.40. The molecule has 3 atom stereocenters. The summed E-state index contributed by atoms with van der Waals surface area (Å²) in [5.74, 6) is 0.882. The van der Waals surface area contributed by atoms with E-state index in [2.05, 4.69) is 5.16 Å². The second-order valence-electron chi connectivity index (χ2n) is 11.3. The Morgan fingerprint density at radius 1 is 0.978 bits per heavy atom. The van der Waals surface area contributed by atoms with Crippen molar-refractivity contribution in [2.75, 3.05) is 19.8 Å². The normalized spacial score (nSPS) is 18.4. The fourth-order valence-corrected chi connectivity index (χ4v) is 5.79. The molecule has 0 amide bonds. The molecule has 3 aromatic carbocycles. The maximum Gasteiger partial charge on any atom is 0.335 e. The Morgan fingerprint density at radius 2 is 1.62 bits per heavy atom. The summed E-state index contributed by atoms with van der Waals surface area (Å²) >= 11 is 19.6. The van der Waals surface area contributed by atoms with Crippen LogP contribution in [-0.2, 0) is 6.58 Å². The van der Waals surface area contributed by atoms with Gasteiger partial charge in [-0.1, -0.05) is 64.2 Å². The van der Waals surface area contributed by atoms with Crippen molar-refractivity contribution in [3.8, 4) is 17.0 Å². The fraction of sp³-hybridized carbons (Fsp3) is 0.333. The van der Waals surface area contributed by atoms with Gasteiger partial charge in [-0.15, -0.1) is 0 Å². The van der Waals surface area contributed by atoms with Crippen LogP contribution in [0.3, 0.4) is 0 Å². The molecular formula is C33H33Cl3N2O7. The largest absolute Gasteiger partial charge is 0.489 e. The first kappa shape index (κ1) is 31.8. The number of nitrogens with two attached hydrogens (primary N) is 1. The van der Waals surface area contributed by atoms with Crippen molar-refractivity contribution in [2.45, 2.75) is 49.1 Å².